The van der Waals surface area contributed by atoms with E-state index in [1.807, 2.05) is 56.3 Å². The number of aliphatic hydroxyl groups is 1. The lowest BCUT2D eigenvalue weighted by Crippen LogP contribution is -2.54. The molecule has 1 unspecified atom stereocenters. The Morgan fingerprint density at radius 3 is 2.41 bits per heavy atom. The van der Waals surface area contributed by atoms with Crippen LogP contribution in [-0.4, -0.2) is 150 Å². The standard InChI is InChI=1S/C49H55N11O10/c1-49(2)37-26-31(8-10-34(37)47(66)70-49)52-48-51-28-36(42(55-48)53-38(29-61)30-6-4-3-5-7-30)44-57-56-41(69-44)14-15-50-16-22-67-24-25-68-23-21-58-17-19-59(20-18-58)32-9-11-33-35(27-32)46(65)60(45(33)64)39-12-13-40(62)54-43(39)63/h3-11,26-28,38-39,50,61H,12-25,29H2,1-2H3,(H,54,62,63)(H2,51,52,53,55)/t38-,39?/m1/s1. The van der Waals surface area contributed by atoms with E-state index in [4.69, 9.17) is 23.6 Å². The summed E-state index contributed by atoms with van der Waals surface area (Å²) in [7, 11) is 0. The number of fused-ring (bicyclic) bond motifs is 2. The van der Waals surface area contributed by atoms with E-state index in [-0.39, 0.29) is 48.4 Å². The fraction of sp³-hybridized carbons (Fsp3) is 0.408. The smallest absolute Gasteiger partial charge is 0.339 e. The van der Waals surface area contributed by atoms with Crippen LogP contribution in [0.25, 0.3) is 11.5 Å². The van der Waals surface area contributed by atoms with E-state index in [1.54, 1.807) is 30.5 Å². The molecule has 0 radical (unpaired) electrons. The van der Waals surface area contributed by atoms with Gasteiger partial charge < -0.3 is 44.6 Å². The lowest BCUT2D eigenvalue weighted by molar-refractivity contribution is -0.136. The molecule has 366 valence electrons. The van der Waals surface area contributed by atoms with Gasteiger partial charge in [0, 0.05) is 81.8 Å². The lowest BCUT2D eigenvalue weighted by Gasteiger charge is -2.36. The van der Waals surface area contributed by atoms with Crippen LogP contribution < -0.4 is 26.2 Å². The highest BCUT2D eigenvalue weighted by Crippen LogP contribution is 2.38. The van der Waals surface area contributed by atoms with Gasteiger partial charge in [-0.2, -0.15) is 4.98 Å². The number of benzene rings is 3. The predicted octanol–water partition coefficient (Wildman–Crippen LogP) is 3.21. The van der Waals surface area contributed by atoms with Crippen LogP contribution in [0.1, 0.15) is 80.8 Å². The molecule has 0 saturated carbocycles. The molecule has 21 nitrogen and oxygen atoms in total. The minimum Gasteiger partial charge on any atom is -0.451 e. The van der Waals surface area contributed by atoms with Gasteiger partial charge >= 0.3 is 5.97 Å². The molecule has 21 heteroatoms. The van der Waals surface area contributed by atoms with Gasteiger partial charge in [0.25, 0.3) is 17.7 Å². The fourth-order valence-electron chi connectivity index (χ4n) is 8.89. The molecule has 0 aliphatic carbocycles. The molecule has 4 aliphatic heterocycles. The number of cyclic esters (lactones) is 1. The SMILES string of the molecule is CC1(C)OC(=O)c2ccc(Nc3ncc(-c4nnc(CCNCCOCCOCCN5CCN(c6ccc7c(c6)C(=O)N(C6CCC(=O)NC6=O)C7=O)CC5)o4)c(N[C@H](CO)c4ccccc4)n3)cc21. The number of ether oxygens (including phenoxy) is 3. The van der Waals surface area contributed by atoms with Crippen molar-refractivity contribution in [2.45, 2.75) is 50.8 Å². The summed E-state index contributed by atoms with van der Waals surface area (Å²) < 4.78 is 23.2. The number of aliphatic hydroxyl groups excluding tert-OH is 1. The van der Waals surface area contributed by atoms with Crippen LogP contribution >= 0.6 is 0 Å². The number of aromatic nitrogens is 4. The number of carbonyl (C=O) groups is 5. The molecule has 5 N–H and O–H groups in total. The molecular weight excluding hydrogens is 903 g/mol. The maximum absolute atomic E-state index is 13.3. The molecule has 2 aromatic heterocycles. The van der Waals surface area contributed by atoms with E-state index < -0.39 is 41.3 Å². The van der Waals surface area contributed by atoms with Crippen molar-refractivity contribution in [1.29, 1.82) is 0 Å². The molecule has 4 amide bonds. The average molecular weight is 958 g/mol. The second-order valence-corrected chi connectivity index (χ2v) is 17.8. The highest BCUT2D eigenvalue weighted by atomic mass is 16.6. The summed E-state index contributed by atoms with van der Waals surface area (Å²) in [6.45, 7) is 10.5. The zero-order chi connectivity index (χ0) is 48.8. The van der Waals surface area contributed by atoms with Crippen molar-refractivity contribution in [3.8, 4) is 11.5 Å². The third-order valence-electron chi connectivity index (χ3n) is 12.7. The third-order valence-corrected chi connectivity index (χ3v) is 12.7. The number of nitrogens with zero attached hydrogens (tertiary/aromatic N) is 7. The van der Waals surface area contributed by atoms with Crippen molar-refractivity contribution in [2.75, 3.05) is 94.4 Å². The summed E-state index contributed by atoms with van der Waals surface area (Å²) in [6.07, 6.45) is 2.25. The summed E-state index contributed by atoms with van der Waals surface area (Å²) in [5.41, 5.74) is 3.86. The normalized spacial score (nSPS) is 18.2. The van der Waals surface area contributed by atoms with E-state index in [2.05, 4.69) is 46.2 Å². The van der Waals surface area contributed by atoms with Gasteiger partial charge in [0.15, 0.2) is 0 Å². The summed E-state index contributed by atoms with van der Waals surface area (Å²) in [6, 6.07) is 18.6. The highest BCUT2D eigenvalue weighted by Gasteiger charge is 2.45. The molecule has 0 spiro atoms. The molecule has 2 atom stereocenters. The number of carbonyl (C=O) groups excluding carboxylic acids is 5. The van der Waals surface area contributed by atoms with Gasteiger partial charge in [-0.15, -0.1) is 10.2 Å². The third kappa shape index (κ3) is 10.7. The van der Waals surface area contributed by atoms with Gasteiger partial charge in [-0.05, 0) is 62.2 Å². The monoisotopic (exact) mass is 957 g/mol. The first-order chi connectivity index (χ1) is 33.9. The predicted molar refractivity (Wildman–Crippen MR) is 253 cm³/mol. The van der Waals surface area contributed by atoms with Crippen LogP contribution in [-0.2, 0) is 35.8 Å². The van der Waals surface area contributed by atoms with Crippen molar-refractivity contribution in [3.05, 3.63) is 107 Å². The number of piperidine rings is 1. The van der Waals surface area contributed by atoms with Crippen molar-refractivity contribution < 1.29 is 47.7 Å². The van der Waals surface area contributed by atoms with Gasteiger partial charge in [-0.25, -0.2) is 9.78 Å². The molecule has 6 heterocycles. The summed E-state index contributed by atoms with van der Waals surface area (Å²) in [5, 5.41) is 31.0. The molecule has 70 heavy (non-hydrogen) atoms. The van der Waals surface area contributed by atoms with Crippen molar-refractivity contribution >= 4 is 52.7 Å². The van der Waals surface area contributed by atoms with Crippen molar-refractivity contribution in [2.24, 2.45) is 0 Å². The van der Waals surface area contributed by atoms with Crippen LogP contribution in [0.4, 0.5) is 23.1 Å². The summed E-state index contributed by atoms with van der Waals surface area (Å²) in [4.78, 5) is 77.5. The van der Waals surface area contributed by atoms with E-state index in [0.29, 0.717) is 74.5 Å². The number of nitrogens with one attached hydrogen (secondary N) is 4. The Morgan fingerprint density at radius 2 is 1.63 bits per heavy atom. The zero-order valence-electron chi connectivity index (χ0n) is 38.9. The first-order valence-electron chi connectivity index (χ1n) is 23.4. The minimum atomic E-state index is -0.991. The molecule has 5 aromatic rings. The fourth-order valence-corrected chi connectivity index (χ4v) is 8.89. The number of rotatable bonds is 21. The maximum Gasteiger partial charge on any atom is 0.339 e. The second kappa shape index (κ2) is 21.2. The quantitative estimate of drug-likeness (QED) is 0.0402. The van der Waals surface area contributed by atoms with Crippen LogP contribution in [0.5, 0.6) is 0 Å². The van der Waals surface area contributed by atoms with E-state index in [1.165, 1.54) is 0 Å². The van der Waals surface area contributed by atoms with Gasteiger partial charge in [-0.3, -0.25) is 34.3 Å². The molecule has 9 rings (SSSR count). The van der Waals surface area contributed by atoms with Gasteiger partial charge in [0.2, 0.25) is 23.7 Å². The number of esters is 1. The van der Waals surface area contributed by atoms with Gasteiger partial charge in [-0.1, -0.05) is 30.3 Å². The Kier molecular flexibility index (Phi) is 14.5. The van der Waals surface area contributed by atoms with Gasteiger partial charge in [0.1, 0.15) is 17.5 Å². The summed E-state index contributed by atoms with van der Waals surface area (Å²) >= 11 is 0. The number of anilines is 4. The number of piperazine rings is 1. The maximum atomic E-state index is 13.3. The Labute approximate surface area is 403 Å². The first-order valence-corrected chi connectivity index (χ1v) is 23.4. The van der Waals surface area contributed by atoms with Crippen molar-refractivity contribution in [1.82, 2.24) is 40.6 Å². The zero-order valence-corrected chi connectivity index (χ0v) is 38.9. The minimum absolute atomic E-state index is 0.0768. The van der Waals surface area contributed by atoms with Crippen LogP contribution in [0.3, 0.4) is 0 Å². The van der Waals surface area contributed by atoms with Crippen LogP contribution in [0.15, 0.2) is 77.3 Å². The van der Waals surface area contributed by atoms with E-state index >= 15 is 0 Å². The largest absolute Gasteiger partial charge is 0.451 e. The number of imide groups is 2. The molecule has 3 aromatic carbocycles. The summed E-state index contributed by atoms with van der Waals surface area (Å²) in [5.74, 6) is -1.15. The Bertz CT molecular complexity index is 2740. The molecule has 2 fully saturated rings. The molecule has 2 saturated heterocycles. The number of amides is 4. The Balaban J connectivity index is 0.679. The lowest BCUT2D eigenvalue weighted by atomic mass is 9.95. The number of hydrogen-bond acceptors (Lipinski definition) is 19. The average Bonchev–Trinajstić information content (AvgIpc) is 4.00. The number of hydrogen-bond donors (Lipinski definition) is 5. The van der Waals surface area contributed by atoms with Crippen molar-refractivity contribution in [3.63, 3.8) is 0 Å². The molecule has 4 aliphatic rings. The first kappa shape index (κ1) is 47.9. The van der Waals surface area contributed by atoms with Gasteiger partial charge in [0.05, 0.1) is 61.3 Å². The Hall–Kier alpha value is -7.17. The molecular formula is C49H55N11O10. The highest BCUT2D eigenvalue weighted by molar-refractivity contribution is 6.23. The van der Waals surface area contributed by atoms with Crippen LogP contribution in [0.2, 0.25) is 0 Å². The second-order valence-electron chi connectivity index (χ2n) is 17.8. The molecule has 0 bridgehead atoms. The Morgan fingerprint density at radius 1 is 0.857 bits per heavy atom. The van der Waals surface area contributed by atoms with E-state index in [0.717, 1.165) is 54.4 Å². The van der Waals surface area contributed by atoms with E-state index in [9.17, 15) is 29.1 Å². The van der Waals surface area contributed by atoms with Crippen LogP contribution in [0, 0.1) is 0 Å². The topological polar surface area (TPSA) is 256 Å².